The van der Waals surface area contributed by atoms with Crippen LogP contribution >= 0.6 is 0 Å². The van der Waals surface area contributed by atoms with Gasteiger partial charge >= 0.3 is 11.4 Å². The largest absolute Gasteiger partial charge is 0.305 e. The predicted octanol–water partition coefficient (Wildman–Crippen LogP) is 1.17. The van der Waals surface area contributed by atoms with Crippen LogP contribution in [0.2, 0.25) is 0 Å². The normalized spacial score (nSPS) is 30.8. The van der Waals surface area contributed by atoms with Crippen LogP contribution in [0.3, 0.4) is 0 Å². The van der Waals surface area contributed by atoms with Crippen molar-refractivity contribution in [3.8, 4) is 0 Å². The Morgan fingerprint density at radius 2 is 1.30 bits per heavy atom. The third-order valence-electron chi connectivity index (χ3n) is 2.00. The summed E-state index contributed by atoms with van der Waals surface area (Å²) < 4.78 is 20.8. The van der Waals surface area contributed by atoms with E-state index >= 15 is 0 Å². The van der Waals surface area contributed by atoms with E-state index in [1.54, 1.807) is 0 Å². The van der Waals surface area contributed by atoms with Crippen molar-refractivity contribution in [2.45, 2.75) is 38.9 Å². The van der Waals surface area contributed by atoms with E-state index in [1.165, 1.54) is 0 Å². The third kappa shape index (κ3) is 1.11. The van der Waals surface area contributed by atoms with Crippen LogP contribution in [0.5, 0.6) is 0 Å². The lowest BCUT2D eigenvalue weighted by Gasteiger charge is -2.27. The zero-order valence-electron chi connectivity index (χ0n) is 6.63. The lowest BCUT2D eigenvalue weighted by Crippen LogP contribution is -2.41. The minimum atomic E-state index is -1.56. The monoisotopic (exact) mass is 164 g/mol. The molecule has 0 aromatic rings. The van der Waals surface area contributed by atoms with Crippen molar-refractivity contribution in [2.24, 2.45) is 0 Å². The molecule has 1 aliphatic heterocycles. The molecule has 0 spiro atoms. The van der Waals surface area contributed by atoms with Crippen LogP contribution in [-0.2, 0) is 19.7 Å². The average molecular weight is 164 g/mol. The summed E-state index contributed by atoms with van der Waals surface area (Å²) in [5, 5.41) is 0. The molecule has 0 aromatic heterocycles. The zero-order chi connectivity index (χ0) is 7.99. The predicted molar refractivity (Wildman–Crippen MR) is 38.5 cm³/mol. The van der Waals surface area contributed by atoms with E-state index in [-0.39, 0.29) is 0 Å². The molecule has 1 fully saturated rings. The van der Waals surface area contributed by atoms with Crippen LogP contribution in [-0.4, -0.2) is 15.4 Å². The van der Waals surface area contributed by atoms with E-state index in [0.29, 0.717) is 0 Å². The highest BCUT2D eigenvalue weighted by Crippen LogP contribution is 2.36. The second kappa shape index (κ2) is 2.03. The Bertz CT molecular complexity index is 156. The van der Waals surface area contributed by atoms with Gasteiger partial charge in [0.2, 0.25) is 0 Å². The van der Waals surface area contributed by atoms with Gasteiger partial charge in [0.1, 0.15) is 11.2 Å². The van der Waals surface area contributed by atoms with E-state index in [4.69, 9.17) is 8.37 Å². The van der Waals surface area contributed by atoms with Crippen molar-refractivity contribution in [3.63, 3.8) is 0 Å². The molecule has 4 heteroatoms. The maximum Gasteiger partial charge on any atom is 0.305 e. The molecule has 0 atom stereocenters. The lowest BCUT2D eigenvalue weighted by molar-refractivity contribution is 0.00578. The van der Waals surface area contributed by atoms with Gasteiger partial charge in [-0.15, -0.1) is 0 Å². The Balaban J connectivity index is 2.88. The Morgan fingerprint density at radius 1 is 1.00 bits per heavy atom. The Kier molecular flexibility index (Phi) is 1.66. The maximum atomic E-state index is 10.7. The first kappa shape index (κ1) is 8.17. The molecule has 0 saturated carbocycles. The van der Waals surface area contributed by atoms with E-state index in [2.05, 4.69) is 0 Å². The van der Waals surface area contributed by atoms with Crippen molar-refractivity contribution < 1.29 is 12.6 Å². The molecule has 0 amide bonds. The Morgan fingerprint density at radius 3 is 1.40 bits per heavy atom. The smallest absolute Gasteiger partial charge is 0.259 e. The molecule has 1 saturated heterocycles. The Labute approximate surface area is 63.6 Å². The van der Waals surface area contributed by atoms with Crippen molar-refractivity contribution in [1.82, 2.24) is 0 Å². The van der Waals surface area contributed by atoms with Gasteiger partial charge < -0.3 is 0 Å². The lowest BCUT2D eigenvalue weighted by atomic mass is 9.90. The van der Waals surface area contributed by atoms with Gasteiger partial charge in [0, 0.05) is 0 Å². The molecule has 0 unspecified atom stereocenters. The van der Waals surface area contributed by atoms with Gasteiger partial charge in [-0.2, -0.15) is 4.21 Å². The average Bonchev–Trinajstić information content (AvgIpc) is 1.73. The molecule has 1 heterocycles. The van der Waals surface area contributed by atoms with Gasteiger partial charge in [0.15, 0.2) is 0 Å². The minimum Gasteiger partial charge on any atom is -0.259 e. The first-order chi connectivity index (χ1) is 4.35. The quantitative estimate of drug-likeness (QED) is 0.539. The summed E-state index contributed by atoms with van der Waals surface area (Å²) in [6.45, 7) is 7.44. The summed E-state index contributed by atoms with van der Waals surface area (Å²) in [5.41, 5.74) is -0.921. The van der Waals surface area contributed by atoms with Crippen LogP contribution in [0.25, 0.3) is 0 Å². The minimum absolute atomic E-state index is 0.460. The first-order valence-corrected chi connectivity index (χ1v) is 4.16. The molecule has 10 heavy (non-hydrogen) atoms. The van der Waals surface area contributed by atoms with Gasteiger partial charge in [-0.05, 0) is 27.7 Å². The van der Waals surface area contributed by atoms with Crippen LogP contribution in [0.15, 0.2) is 0 Å². The molecule has 0 aromatic carbocycles. The number of rotatable bonds is 0. The highest BCUT2D eigenvalue weighted by atomic mass is 32.2. The SMILES string of the molecule is CC1(C)OS(=O)OC1(C)C. The molecule has 0 radical (unpaired) electrons. The van der Waals surface area contributed by atoms with Crippen molar-refractivity contribution in [3.05, 3.63) is 0 Å². The second-order valence-electron chi connectivity index (χ2n) is 3.39. The topological polar surface area (TPSA) is 35.5 Å². The van der Waals surface area contributed by atoms with E-state index in [0.717, 1.165) is 0 Å². The highest BCUT2D eigenvalue weighted by molar-refractivity contribution is 7.75. The van der Waals surface area contributed by atoms with E-state index < -0.39 is 22.6 Å². The standard InChI is InChI=1S/C6H12O3S/c1-5(2)6(3,4)9-10(7)8-5/h1-4H3. The second-order valence-corrected chi connectivity index (χ2v) is 4.13. The van der Waals surface area contributed by atoms with Crippen LogP contribution in [0, 0.1) is 0 Å². The molecule has 0 N–H and O–H groups in total. The fraction of sp³-hybridized carbons (Fsp3) is 1.00. The van der Waals surface area contributed by atoms with Crippen LogP contribution in [0.1, 0.15) is 27.7 Å². The zero-order valence-corrected chi connectivity index (χ0v) is 7.45. The summed E-state index contributed by atoms with van der Waals surface area (Å²) in [6, 6.07) is 0. The summed E-state index contributed by atoms with van der Waals surface area (Å²) in [6.07, 6.45) is 0. The molecule has 1 rings (SSSR count). The molecule has 0 bridgehead atoms. The number of hydrogen-bond donors (Lipinski definition) is 0. The van der Waals surface area contributed by atoms with Gasteiger partial charge in [-0.3, -0.25) is 8.37 Å². The number of hydrogen-bond acceptors (Lipinski definition) is 3. The molecule has 0 aliphatic carbocycles. The first-order valence-electron chi connectivity index (χ1n) is 3.16. The third-order valence-corrected chi connectivity index (χ3v) is 3.11. The van der Waals surface area contributed by atoms with Crippen LogP contribution in [0.4, 0.5) is 0 Å². The molecule has 1 aliphatic rings. The molecular formula is C6H12O3S. The van der Waals surface area contributed by atoms with Gasteiger partial charge in [-0.1, -0.05) is 0 Å². The Hall–Kier alpha value is 0.0700. The molecule has 3 nitrogen and oxygen atoms in total. The van der Waals surface area contributed by atoms with Crippen molar-refractivity contribution >= 4 is 11.4 Å². The maximum absolute atomic E-state index is 10.7. The van der Waals surface area contributed by atoms with Gasteiger partial charge in [-0.25, -0.2) is 0 Å². The van der Waals surface area contributed by atoms with E-state index in [1.807, 2.05) is 27.7 Å². The molecular weight excluding hydrogens is 152 g/mol. The molecule has 60 valence electrons. The summed E-state index contributed by atoms with van der Waals surface area (Å²) in [5.74, 6) is 0. The summed E-state index contributed by atoms with van der Waals surface area (Å²) >= 11 is -1.56. The van der Waals surface area contributed by atoms with Crippen molar-refractivity contribution in [1.29, 1.82) is 0 Å². The van der Waals surface area contributed by atoms with Gasteiger partial charge in [0.05, 0.1) is 0 Å². The van der Waals surface area contributed by atoms with Crippen LogP contribution < -0.4 is 0 Å². The summed E-state index contributed by atoms with van der Waals surface area (Å²) in [4.78, 5) is 0. The van der Waals surface area contributed by atoms with Crippen molar-refractivity contribution in [2.75, 3.05) is 0 Å². The fourth-order valence-electron chi connectivity index (χ4n) is 0.558. The van der Waals surface area contributed by atoms with E-state index in [9.17, 15) is 4.21 Å². The highest BCUT2D eigenvalue weighted by Gasteiger charge is 2.49. The van der Waals surface area contributed by atoms with Gasteiger partial charge in [0.25, 0.3) is 0 Å². The fourth-order valence-corrected chi connectivity index (χ4v) is 1.67. The summed E-state index contributed by atoms with van der Waals surface area (Å²) in [7, 11) is 0.